The fourth-order valence-electron chi connectivity index (χ4n) is 10.0. The van der Waals surface area contributed by atoms with Crippen LogP contribution in [0.15, 0.2) is 77.6 Å². The Morgan fingerprint density at radius 3 is 2.56 bits per heavy atom. The summed E-state index contributed by atoms with van der Waals surface area (Å²) in [5, 5.41) is 49.0. The highest BCUT2D eigenvalue weighted by Crippen LogP contribution is 2.45. The molecular formula is C53H69N4O7+. The van der Waals surface area contributed by atoms with E-state index in [1.807, 2.05) is 42.6 Å². The van der Waals surface area contributed by atoms with Crippen LogP contribution >= 0.6 is 0 Å². The molecule has 11 heteroatoms. The summed E-state index contributed by atoms with van der Waals surface area (Å²) in [6.45, 7) is 7.93. The highest BCUT2D eigenvalue weighted by Gasteiger charge is 2.42. The molecule has 64 heavy (non-hydrogen) atoms. The molecule has 1 saturated carbocycles. The number of carbonyl (C=O) groups is 2. The Morgan fingerprint density at radius 2 is 1.81 bits per heavy atom. The molecule has 0 radical (unpaired) electrons. The number of benzene rings is 2. The quantitative estimate of drug-likeness (QED) is 0.0308. The van der Waals surface area contributed by atoms with Crippen LogP contribution in [0.25, 0.3) is 0 Å². The van der Waals surface area contributed by atoms with Crippen LogP contribution in [-0.2, 0) is 22.4 Å². The number of phenolic OH excluding ortho intramolecular Hbond substituents is 1. The molecule has 9 atom stereocenters. The molecule has 6 rings (SSSR count). The summed E-state index contributed by atoms with van der Waals surface area (Å²) in [6.07, 6.45) is 10.3. The van der Waals surface area contributed by atoms with Gasteiger partial charge in [-0.05, 0) is 123 Å². The first-order chi connectivity index (χ1) is 31.0. The Bertz CT molecular complexity index is 2130. The third-order valence-corrected chi connectivity index (χ3v) is 13.3. The molecule has 1 aliphatic heterocycles. The maximum absolute atomic E-state index is 14.7. The molecule has 0 spiro atoms. The number of aliphatic imine (C=N–C) groups is 1. The molecular weight excluding hydrogens is 805 g/mol. The molecule has 3 aliphatic rings. The number of nitrogens with one attached hydrogen (secondary N) is 2. The number of rotatable bonds is 19. The van der Waals surface area contributed by atoms with Gasteiger partial charge in [-0.2, -0.15) is 0 Å². The number of phenols is 1. The van der Waals surface area contributed by atoms with Crippen LogP contribution in [-0.4, -0.2) is 88.8 Å². The first kappa shape index (κ1) is 48.5. The number of hydrogen-bond donors (Lipinski definition) is 6. The van der Waals surface area contributed by atoms with E-state index in [-0.39, 0.29) is 66.4 Å². The SMILES string of the molecule is CCCC(C(O)CC1=C[C+](C(C)CNCC(C)O)C=N1)C1CC(Cc2ccnc(NCCCO)c2)CC2C#CC(c3ccccc3)c3cc(O)c(OC)cc3CCC(=O)CC(=O)C2C1. The fraction of sp³-hybridized carbons (Fsp3) is 0.528. The van der Waals surface area contributed by atoms with E-state index >= 15 is 0 Å². The van der Waals surface area contributed by atoms with Gasteiger partial charge >= 0.3 is 0 Å². The van der Waals surface area contributed by atoms with Crippen LogP contribution in [0, 0.1) is 53.3 Å². The molecule has 2 aliphatic carbocycles. The van der Waals surface area contributed by atoms with E-state index in [2.05, 4.69) is 53.4 Å². The molecule has 11 nitrogen and oxygen atoms in total. The number of aliphatic hydroxyl groups excluding tert-OH is 3. The maximum Gasteiger partial charge on any atom is 0.177 e. The minimum absolute atomic E-state index is 0.00308. The predicted molar refractivity (Wildman–Crippen MR) is 252 cm³/mol. The average molecular weight is 874 g/mol. The van der Waals surface area contributed by atoms with Crippen molar-refractivity contribution in [2.45, 2.75) is 110 Å². The smallest absolute Gasteiger partial charge is 0.177 e. The summed E-state index contributed by atoms with van der Waals surface area (Å²) in [5.74, 6) is 8.11. The van der Waals surface area contributed by atoms with Gasteiger partial charge in [-0.25, -0.2) is 4.98 Å². The Kier molecular flexibility index (Phi) is 18.0. The lowest BCUT2D eigenvalue weighted by Gasteiger charge is -2.32. The number of aryl methyl sites for hydroxylation is 1. The van der Waals surface area contributed by atoms with Gasteiger partial charge in [0.15, 0.2) is 17.2 Å². The molecule has 0 amide bonds. The van der Waals surface area contributed by atoms with Crippen molar-refractivity contribution < 1.29 is 34.8 Å². The van der Waals surface area contributed by atoms with Crippen molar-refractivity contribution in [3.8, 4) is 23.3 Å². The largest absolute Gasteiger partial charge is 0.504 e. The van der Waals surface area contributed by atoms with Crippen molar-refractivity contribution in [3.63, 3.8) is 0 Å². The van der Waals surface area contributed by atoms with Gasteiger partial charge in [0.25, 0.3) is 0 Å². The van der Waals surface area contributed by atoms with Gasteiger partial charge in [-0.3, -0.25) is 9.59 Å². The molecule has 3 aromatic rings. The van der Waals surface area contributed by atoms with Gasteiger partial charge in [-0.15, -0.1) is 4.99 Å². The zero-order valence-corrected chi connectivity index (χ0v) is 38.1. The number of hydrogen-bond acceptors (Lipinski definition) is 11. The highest BCUT2D eigenvalue weighted by molar-refractivity contribution is 6.00. The summed E-state index contributed by atoms with van der Waals surface area (Å²) in [5.41, 5.74) is 4.55. The van der Waals surface area contributed by atoms with Crippen molar-refractivity contribution in [2.75, 3.05) is 38.7 Å². The van der Waals surface area contributed by atoms with E-state index in [9.17, 15) is 30.0 Å². The number of fused-ring (bicyclic) bond motifs is 2. The van der Waals surface area contributed by atoms with Gasteiger partial charge in [0.2, 0.25) is 0 Å². The number of anilines is 1. The van der Waals surface area contributed by atoms with Crippen LogP contribution < -0.4 is 15.4 Å². The second kappa shape index (κ2) is 23.8. The fourth-order valence-corrected chi connectivity index (χ4v) is 10.0. The van der Waals surface area contributed by atoms with Crippen molar-refractivity contribution in [3.05, 3.63) is 101 Å². The zero-order valence-electron chi connectivity index (χ0n) is 38.1. The Labute approximate surface area is 380 Å². The summed E-state index contributed by atoms with van der Waals surface area (Å²) in [6, 6.07) is 17.6. The summed E-state index contributed by atoms with van der Waals surface area (Å²) in [4.78, 5) is 37.8. The number of allylic oxidation sites excluding steroid dienone is 1. The van der Waals surface area contributed by atoms with E-state index in [0.29, 0.717) is 63.9 Å². The van der Waals surface area contributed by atoms with Crippen molar-refractivity contribution in [1.82, 2.24) is 10.3 Å². The molecule has 6 N–H and O–H groups in total. The topological polar surface area (TPSA) is 174 Å². The number of pyridine rings is 1. The molecule has 1 fully saturated rings. The molecule has 0 saturated heterocycles. The number of aliphatic hydroxyl groups is 3. The van der Waals surface area contributed by atoms with Crippen LogP contribution in [0.3, 0.4) is 0 Å². The van der Waals surface area contributed by atoms with Gasteiger partial charge in [-0.1, -0.05) is 55.5 Å². The van der Waals surface area contributed by atoms with E-state index in [1.165, 1.54) is 7.11 Å². The number of ketones is 2. The summed E-state index contributed by atoms with van der Waals surface area (Å²) in [7, 11) is 1.51. The van der Waals surface area contributed by atoms with E-state index in [1.54, 1.807) is 25.3 Å². The first-order valence-electron chi connectivity index (χ1n) is 23.4. The van der Waals surface area contributed by atoms with Crippen molar-refractivity contribution in [2.24, 2.45) is 40.5 Å². The van der Waals surface area contributed by atoms with Crippen LogP contribution in [0.5, 0.6) is 11.5 Å². The second-order valence-corrected chi connectivity index (χ2v) is 18.4. The second-order valence-electron chi connectivity index (χ2n) is 18.4. The molecule has 9 unspecified atom stereocenters. The van der Waals surface area contributed by atoms with E-state index < -0.39 is 24.0 Å². The maximum atomic E-state index is 14.7. The van der Waals surface area contributed by atoms with Gasteiger partial charge in [0.1, 0.15) is 35.6 Å². The van der Waals surface area contributed by atoms with Crippen molar-refractivity contribution >= 4 is 23.6 Å². The number of aromatic hydroxyl groups is 1. The predicted octanol–water partition coefficient (Wildman–Crippen LogP) is 7.41. The average Bonchev–Trinajstić information content (AvgIpc) is 3.67. The van der Waals surface area contributed by atoms with Crippen LogP contribution in [0.1, 0.15) is 107 Å². The Morgan fingerprint density at radius 1 is 1.00 bits per heavy atom. The van der Waals surface area contributed by atoms with Gasteiger partial charge in [0, 0.05) is 50.7 Å². The molecule has 0 bridgehead atoms. The molecule has 1 aromatic heterocycles. The first-order valence-corrected chi connectivity index (χ1v) is 23.4. The van der Waals surface area contributed by atoms with Crippen molar-refractivity contribution in [1.29, 1.82) is 0 Å². The lowest BCUT2D eigenvalue weighted by molar-refractivity contribution is -0.130. The van der Waals surface area contributed by atoms with Gasteiger partial charge < -0.3 is 35.8 Å². The minimum Gasteiger partial charge on any atom is -0.504 e. The third kappa shape index (κ3) is 13.3. The Hall–Kier alpha value is -4.99. The lowest BCUT2D eigenvalue weighted by Crippen LogP contribution is -2.32. The molecule has 2 heterocycles. The summed E-state index contributed by atoms with van der Waals surface area (Å²) >= 11 is 0. The highest BCUT2D eigenvalue weighted by atomic mass is 16.5. The standard InChI is InChI=1S/C53H68N4O7/c1-5-10-46(49(61)28-43-25-42(33-57-43)34(2)31-54-32-35(3)59)41-23-37(21-36-17-19-56-53(24-36)55-18-9-20-58)22-39-14-16-45(38-11-7-6-8-12-38)47-30-51(63)52(64-4)27-40(47)13-15-44(60)29-50(62)48(39)26-41/h6-8,11-12,17,19,24-25,27,30,33-35,37,39,41,45-46,48-49,54,58-59,61H,5,9-10,13,15,18,20-23,26,28-29,31-32H2,1-4H3,(H-,55,56,63)/p+1. The monoisotopic (exact) mass is 874 g/mol. The Balaban J connectivity index is 1.38. The number of methoxy groups -OCH3 is 1. The number of Topliss-reactive ketones (excluding diaryl/α,β-unsaturated/α-hetero) is 2. The van der Waals surface area contributed by atoms with E-state index in [4.69, 9.17) is 9.73 Å². The van der Waals surface area contributed by atoms with Gasteiger partial charge in [0.05, 0.1) is 44.0 Å². The molecule has 342 valence electrons. The minimum atomic E-state index is -0.700. The molecule has 2 aromatic carbocycles. The number of aromatic nitrogens is 1. The summed E-state index contributed by atoms with van der Waals surface area (Å²) < 4.78 is 5.50. The number of carbonyl (C=O) groups excluding carboxylic acids is 2. The van der Waals surface area contributed by atoms with Crippen LogP contribution in [0.2, 0.25) is 0 Å². The zero-order chi connectivity index (χ0) is 45.6. The third-order valence-electron chi connectivity index (χ3n) is 13.3. The normalized spacial score (nSPS) is 23.2. The number of ether oxygens (including phenoxy) is 1. The van der Waals surface area contributed by atoms with Crippen LogP contribution in [0.4, 0.5) is 5.82 Å². The number of nitrogens with zero attached hydrogens (tertiary/aromatic N) is 2. The van der Waals surface area contributed by atoms with E-state index in [0.717, 1.165) is 58.9 Å². The lowest BCUT2D eigenvalue weighted by atomic mass is 9.73.